The molecule has 0 aliphatic carbocycles. The second-order valence-corrected chi connectivity index (χ2v) is 9.99. The molecule has 0 fully saturated rings. The Labute approximate surface area is 228 Å². The highest BCUT2D eigenvalue weighted by atomic mass is 16.5. The van der Waals surface area contributed by atoms with E-state index in [0.29, 0.717) is 23.2 Å². The van der Waals surface area contributed by atoms with Crippen LogP contribution in [-0.2, 0) is 24.3 Å². The van der Waals surface area contributed by atoms with Gasteiger partial charge in [0.1, 0.15) is 5.69 Å². The summed E-state index contributed by atoms with van der Waals surface area (Å²) in [6.07, 6.45) is 2.66. The van der Waals surface area contributed by atoms with Crippen LogP contribution in [0.4, 0.5) is 11.4 Å². The number of pyridine rings is 1. The van der Waals surface area contributed by atoms with Crippen molar-refractivity contribution in [3.8, 4) is 0 Å². The number of hydrogen-bond donors (Lipinski definition) is 2. The number of carbonyl (C=O) groups is 3. The summed E-state index contributed by atoms with van der Waals surface area (Å²) < 4.78 is 1.38. The molecule has 0 saturated carbocycles. The molecule has 4 heterocycles. The molecule has 2 aromatic carbocycles. The van der Waals surface area contributed by atoms with E-state index in [1.807, 2.05) is 32.3 Å². The zero-order chi connectivity index (χ0) is 28.1. The smallest absolute Gasteiger partial charge is 0.284 e. The van der Waals surface area contributed by atoms with E-state index < -0.39 is 17.7 Å². The number of hydrogen-bond acceptors (Lipinski definition) is 9. The highest BCUT2D eigenvalue weighted by Gasteiger charge is 2.30. The third-order valence-electron chi connectivity index (χ3n) is 7.21. The fourth-order valence-corrected chi connectivity index (χ4v) is 5.11. The number of aromatic nitrogens is 3. The monoisotopic (exact) mass is 539 g/mol. The minimum absolute atomic E-state index is 0.0986. The molecule has 0 spiro atoms. The Hall–Kier alpha value is -5.10. The van der Waals surface area contributed by atoms with Gasteiger partial charge >= 0.3 is 0 Å². The molecule has 12 heteroatoms. The van der Waals surface area contributed by atoms with E-state index >= 15 is 0 Å². The lowest BCUT2D eigenvalue weighted by molar-refractivity contribution is -0.153. The van der Waals surface area contributed by atoms with E-state index in [9.17, 15) is 24.4 Å². The van der Waals surface area contributed by atoms with Gasteiger partial charge in [0.15, 0.2) is 0 Å². The minimum Gasteiger partial charge on any atom is -0.355 e. The van der Waals surface area contributed by atoms with Gasteiger partial charge in [0.05, 0.1) is 54.4 Å². The Bertz CT molecular complexity index is 1780. The van der Waals surface area contributed by atoms with Crippen molar-refractivity contribution >= 4 is 40.0 Å². The van der Waals surface area contributed by atoms with E-state index in [0.717, 1.165) is 23.6 Å². The summed E-state index contributed by atoms with van der Waals surface area (Å²) in [6.45, 7) is 1.23. The van der Waals surface area contributed by atoms with Crippen LogP contribution in [0.1, 0.15) is 37.5 Å². The SMILES string of the molecule is CN1CN(C)c2cc(CNC(=O)c3cc4c(=O)n(Cc5ccc6c(c5)CC(=O)N(O)C6=O)cnc4cn3)ccc21. The Morgan fingerprint density at radius 2 is 1.75 bits per heavy atom. The summed E-state index contributed by atoms with van der Waals surface area (Å²) in [5, 5.41) is 12.8. The van der Waals surface area contributed by atoms with Crippen molar-refractivity contribution in [3.63, 3.8) is 0 Å². The number of imide groups is 1. The van der Waals surface area contributed by atoms with Crippen molar-refractivity contribution in [2.45, 2.75) is 19.5 Å². The van der Waals surface area contributed by atoms with Gasteiger partial charge in [-0.15, -0.1) is 0 Å². The number of amides is 3. The molecule has 6 rings (SSSR count). The van der Waals surface area contributed by atoms with Crippen molar-refractivity contribution in [3.05, 3.63) is 93.3 Å². The lowest BCUT2D eigenvalue weighted by Crippen LogP contribution is -2.39. The quantitative estimate of drug-likeness (QED) is 0.285. The van der Waals surface area contributed by atoms with Gasteiger partial charge < -0.3 is 15.1 Å². The number of anilines is 2. The standard InChI is InChI=1S/C28H25N7O5/c1-32-15-33(2)24-8-16(4-6-23(24)32)11-30-26(37)21-10-20-22(12-29-21)31-14-34(27(20)38)13-17-3-5-19-18(7-17)9-25(36)35(40)28(19)39/h3-8,10,12,14,40H,9,11,13,15H2,1-2H3,(H,30,37). The molecule has 0 bridgehead atoms. The van der Waals surface area contributed by atoms with Gasteiger partial charge in [0.25, 0.3) is 23.3 Å². The summed E-state index contributed by atoms with van der Waals surface area (Å²) >= 11 is 0. The molecule has 2 aliphatic heterocycles. The van der Waals surface area contributed by atoms with E-state index in [4.69, 9.17) is 0 Å². The lowest BCUT2D eigenvalue weighted by atomic mass is 9.97. The van der Waals surface area contributed by atoms with Crippen LogP contribution in [0, 0.1) is 0 Å². The highest BCUT2D eigenvalue weighted by Crippen LogP contribution is 2.34. The van der Waals surface area contributed by atoms with Crippen molar-refractivity contribution < 1.29 is 19.6 Å². The van der Waals surface area contributed by atoms with Gasteiger partial charge in [-0.2, -0.15) is 5.06 Å². The average molecular weight is 540 g/mol. The summed E-state index contributed by atoms with van der Waals surface area (Å²) in [4.78, 5) is 63.0. The number of nitrogens with one attached hydrogen (secondary N) is 1. The molecular weight excluding hydrogens is 514 g/mol. The highest BCUT2D eigenvalue weighted by molar-refractivity contribution is 6.08. The number of carbonyl (C=O) groups excluding carboxylic acids is 3. The molecule has 3 amide bonds. The maximum absolute atomic E-state index is 13.3. The van der Waals surface area contributed by atoms with Crippen molar-refractivity contribution in [2.75, 3.05) is 30.6 Å². The van der Waals surface area contributed by atoms with Crippen LogP contribution in [-0.4, -0.2) is 63.3 Å². The maximum atomic E-state index is 13.3. The van der Waals surface area contributed by atoms with Crippen LogP contribution in [0.3, 0.4) is 0 Å². The van der Waals surface area contributed by atoms with Gasteiger partial charge in [-0.1, -0.05) is 18.2 Å². The first kappa shape index (κ1) is 25.2. The molecule has 2 aromatic heterocycles. The number of nitrogens with zero attached hydrogens (tertiary/aromatic N) is 6. The van der Waals surface area contributed by atoms with Gasteiger partial charge in [-0.05, 0) is 41.0 Å². The van der Waals surface area contributed by atoms with Crippen molar-refractivity contribution in [1.29, 1.82) is 0 Å². The molecule has 202 valence electrons. The van der Waals surface area contributed by atoms with E-state index in [1.165, 1.54) is 29.2 Å². The molecule has 0 atom stereocenters. The Kier molecular flexibility index (Phi) is 6.03. The topological polar surface area (TPSA) is 141 Å². The second-order valence-electron chi connectivity index (χ2n) is 9.99. The first-order valence-electron chi connectivity index (χ1n) is 12.6. The van der Waals surface area contributed by atoms with Crippen LogP contribution in [0.5, 0.6) is 0 Å². The van der Waals surface area contributed by atoms with Gasteiger partial charge in [0, 0.05) is 26.2 Å². The Morgan fingerprint density at radius 1 is 0.975 bits per heavy atom. The number of benzene rings is 2. The summed E-state index contributed by atoms with van der Waals surface area (Å²) in [6, 6.07) is 12.3. The number of fused-ring (bicyclic) bond motifs is 3. The second kappa shape index (κ2) is 9.58. The third-order valence-corrected chi connectivity index (χ3v) is 7.21. The van der Waals surface area contributed by atoms with E-state index in [-0.39, 0.29) is 40.2 Å². The van der Waals surface area contributed by atoms with Gasteiger partial charge in [0.2, 0.25) is 0 Å². The normalized spacial score (nSPS) is 14.5. The summed E-state index contributed by atoms with van der Waals surface area (Å²) in [7, 11) is 4.04. The third kappa shape index (κ3) is 4.33. The van der Waals surface area contributed by atoms with Crippen molar-refractivity contribution in [1.82, 2.24) is 24.9 Å². The lowest BCUT2D eigenvalue weighted by Gasteiger charge is -2.21. The zero-order valence-corrected chi connectivity index (χ0v) is 21.8. The molecule has 2 aliphatic rings. The molecule has 0 radical (unpaired) electrons. The van der Waals surface area contributed by atoms with Crippen LogP contribution in [0.2, 0.25) is 0 Å². The van der Waals surface area contributed by atoms with E-state index in [1.54, 1.807) is 12.1 Å². The fraction of sp³-hybridized carbons (Fsp3) is 0.214. The molecule has 2 N–H and O–H groups in total. The fourth-order valence-electron chi connectivity index (χ4n) is 5.11. The van der Waals surface area contributed by atoms with Crippen molar-refractivity contribution in [2.24, 2.45) is 0 Å². The molecule has 40 heavy (non-hydrogen) atoms. The molecule has 12 nitrogen and oxygen atoms in total. The first-order chi connectivity index (χ1) is 19.2. The van der Waals surface area contributed by atoms with Crippen LogP contribution < -0.4 is 20.7 Å². The number of rotatable bonds is 5. The summed E-state index contributed by atoms with van der Waals surface area (Å²) in [5.41, 5.74) is 4.64. The van der Waals surface area contributed by atoms with Crippen LogP contribution in [0.25, 0.3) is 10.9 Å². The molecular formula is C28H25N7O5. The predicted molar refractivity (Wildman–Crippen MR) is 145 cm³/mol. The average Bonchev–Trinajstić information content (AvgIpc) is 3.24. The minimum atomic E-state index is -0.781. The largest absolute Gasteiger partial charge is 0.355 e. The summed E-state index contributed by atoms with van der Waals surface area (Å²) in [5.74, 6) is -1.91. The first-order valence-corrected chi connectivity index (χ1v) is 12.6. The predicted octanol–water partition coefficient (Wildman–Crippen LogP) is 1.53. The molecule has 0 saturated heterocycles. The van der Waals surface area contributed by atoms with Gasteiger partial charge in [-0.25, -0.2) is 9.97 Å². The number of hydroxylamine groups is 2. The molecule has 4 aromatic rings. The zero-order valence-electron chi connectivity index (χ0n) is 21.8. The van der Waals surface area contributed by atoms with Crippen LogP contribution in [0.15, 0.2) is 59.8 Å². The van der Waals surface area contributed by atoms with E-state index in [2.05, 4.69) is 25.1 Å². The van der Waals surface area contributed by atoms with Gasteiger partial charge in [-0.3, -0.25) is 29.0 Å². The Morgan fingerprint density at radius 3 is 2.58 bits per heavy atom. The van der Waals surface area contributed by atoms with Crippen LogP contribution >= 0.6 is 0 Å². The molecule has 0 unspecified atom stereocenters. The Balaban J connectivity index is 1.21. The maximum Gasteiger partial charge on any atom is 0.284 e.